The van der Waals surface area contributed by atoms with Gasteiger partial charge < -0.3 is 15.4 Å². The van der Waals surface area contributed by atoms with Gasteiger partial charge in [-0.25, -0.2) is 0 Å². The van der Waals surface area contributed by atoms with Crippen LogP contribution in [0.3, 0.4) is 0 Å². The highest BCUT2D eigenvalue weighted by Crippen LogP contribution is 2.14. The number of ether oxygens (including phenoxy) is 1. The van der Waals surface area contributed by atoms with Crippen LogP contribution in [0.1, 0.15) is 51.9 Å². The van der Waals surface area contributed by atoms with Gasteiger partial charge in [-0.3, -0.25) is 4.79 Å². The Kier molecular flexibility index (Phi) is 8.01. The maximum Gasteiger partial charge on any atom is 0.222 e. The third-order valence-electron chi connectivity index (χ3n) is 3.53. The molecular weight excluding hydrogens is 228 g/mol. The number of hydrogen-bond acceptors (Lipinski definition) is 3. The largest absolute Gasteiger partial charge is 0.376 e. The predicted octanol–water partition coefficient (Wildman–Crippen LogP) is 1.92. The maximum absolute atomic E-state index is 12.0. The van der Waals surface area contributed by atoms with E-state index < -0.39 is 0 Å². The smallest absolute Gasteiger partial charge is 0.222 e. The molecule has 1 amide bonds. The van der Waals surface area contributed by atoms with E-state index in [0.29, 0.717) is 6.42 Å². The van der Waals surface area contributed by atoms with Crippen LogP contribution < -0.4 is 5.73 Å². The standard InChI is InChI=1S/C14H28N2O2/c1-2-16(12-13-8-7-11-18-13)14(17)9-5-3-4-6-10-15/h13H,2-12,15H2,1H3. The van der Waals surface area contributed by atoms with Gasteiger partial charge >= 0.3 is 0 Å². The molecule has 1 rings (SSSR count). The van der Waals surface area contributed by atoms with Gasteiger partial charge in [-0.2, -0.15) is 0 Å². The lowest BCUT2D eigenvalue weighted by atomic mass is 10.1. The number of nitrogens with two attached hydrogens (primary N) is 1. The molecule has 0 aromatic rings. The molecule has 18 heavy (non-hydrogen) atoms. The second-order valence-electron chi connectivity index (χ2n) is 5.02. The van der Waals surface area contributed by atoms with Gasteiger partial charge in [0, 0.05) is 26.1 Å². The van der Waals surface area contributed by atoms with Crippen molar-refractivity contribution in [3.8, 4) is 0 Å². The molecule has 0 aromatic heterocycles. The SMILES string of the molecule is CCN(CC1CCCO1)C(=O)CCCCCCN. The average molecular weight is 256 g/mol. The minimum Gasteiger partial charge on any atom is -0.376 e. The molecule has 1 saturated heterocycles. The van der Waals surface area contributed by atoms with Crippen molar-refractivity contribution >= 4 is 5.91 Å². The number of carbonyl (C=O) groups is 1. The molecule has 0 saturated carbocycles. The van der Waals surface area contributed by atoms with E-state index >= 15 is 0 Å². The zero-order chi connectivity index (χ0) is 13.2. The lowest BCUT2D eigenvalue weighted by molar-refractivity contribution is -0.132. The molecule has 0 radical (unpaired) electrons. The molecule has 1 unspecified atom stereocenters. The summed E-state index contributed by atoms with van der Waals surface area (Å²) in [5.41, 5.74) is 5.44. The molecule has 1 heterocycles. The first-order valence-corrected chi connectivity index (χ1v) is 7.37. The van der Waals surface area contributed by atoms with E-state index in [1.54, 1.807) is 0 Å². The summed E-state index contributed by atoms with van der Waals surface area (Å²) in [4.78, 5) is 14.0. The van der Waals surface area contributed by atoms with Gasteiger partial charge in [0.15, 0.2) is 0 Å². The molecule has 1 aliphatic heterocycles. The molecule has 1 aliphatic rings. The second-order valence-corrected chi connectivity index (χ2v) is 5.02. The van der Waals surface area contributed by atoms with Gasteiger partial charge in [0.1, 0.15) is 0 Å². The Morgan fingerprint density at radius 3 is 2.72 bits per heavy atom. The first-order valence-electron chi connectivity index (χ1n) is 7.37. The van der Waals surface area contributed by atoms with Crippen molar-refractivity contribution in [3.63, 3.8) is 0 Å². The third kappa shape index (κ3) is 5.83. The quantitative estimate of drug-likeness (QED) is 0.641. The summed E-state index contributed by atoms with van der Waals surface area (Å²) in [6.07, 6.45) is 7.48. The highest BCUT2D eigenvalue weighted by molar-refractivity contribution is 5.76. The predicted molar refractivity (Wildman–Crippen MR) is 73.4 cm³/mol. The van der Waals surface area contributed by atoms with Crippen molar-refractivity contribution in [3.05, 3.63) is 0 Å². The molecule has 4 nitrogen and oxygen atoms in total. The number of rotatable bonds is 9. The summed E-state index contributed by atoms with van der Waals surface area (Å²) in [6.45, 7) is 5.23. The highest BCUT2D eigenvalue weighted by atomic mass is 16.5. The number of unbranched alkanes of at least 4 members (excludes halogenated alkanes) is 3. The molecule has 0 aromatic carbocycles. The number of carbonyl (C=O) groups excluding carboxylic acids is 1. The van der Waals surface area contributed by atoms with E-state index in [9.17, 15) is 4.79 Å². The number of hydrogen-bond donors (Lipinski definition) is 1. The van der Waals surface area contributed by atoms with Crippen molar-refractivity contribution in [2.45, 2.75) is 58.0 Å². The third-order valence-corrected chi connectivity index (χ3v) is 3.53. The van der Waals surface area contributed by atoms with Crippen molar-refractivity contribution < 1.29 is 9.53 Å². The van der Waals surface area contributed by atoms with E-state index in [-0.39, 0.29) is 12.0 Å². The first-order chi connectivity index (χ1) is 8.77. The van der Waals surface area contributed by atoms with Crippen LogP contribution in [-0.4, -0.2) is 43.2 Å². The molecule has 4 heteroatoms. The van der Waals surface area contributed by atoms with Crippen LogP contribution in [-0.2, 0) is 9.53 Å². The van der Waals surface area contributed by atoms with E-state index in [0.717, 1.165) is 64.8 Å². The topological polar surface area (TPSA) is 55.6 Å². The normalized spacial score (nSPS) is 19.1. The Morgan fingerprint density at radius 2 is 2.11 bits per heavy atom. The van der Waals surface area contributed by atoms with Gasteiger partial charge in [0.25, 0.3) is 0 Å². The molecule has 1 fully saturated rings. The van der Waals surface area contributed by atoms with Gasteiger partial charge in [-0.15, -0.1) is 0 Å². The summed E-state index contributed by atoms with van der Waals surface area (Å²) < 4.78 is 5.59. The van der Waals surface area contributed by atoms with Crippen LogP contribution in [0.15, 0.2) is 0 Å². The summed E-state index contributed by atoms with van der Waals surface area (Å²) in [6, 6.07) is 0. The fraction of sp³-hybridized carbons (Fsp3) is 0.929. The second kappa shape index (κ2) is 9.34. The van der Waals surface area contributed by atoms with Crippen LogP contribution in [0.4, 0.5) is 0 Å². The molecule has 0 aliphatic carbocycles. The Morgan fingerprint density at radius 1 is 1.33 bits per heavy atom. The van der Waals surface area contributed by atoms with Crippen LogP contribution in [0.25, 0.3) is 0 Å². The number of amides is 1. The van der Waals surface area contributed by atoms with E-state index in [2.05, 4.69) is 0 Å². The van der Waals surface area contributed by atoms with Gasteiger partial charge in [-0.05, 0) is 39.2 Å². The van der Waals surface area contributed by atoms with E-state index in [1.807, 2.05) is 11.8 Å². The van der Waals surface area contributed by atoms with Crippen LogP contribution in [0.5, 0.6) is 0 Å². The van der Waals surface area contributed by atoms with Gasteiger partial charge in [0.05, 0.1) is 6.10 Å². The molecule has 0 bridgehead atoms. The van der Waals surface area contributed by atoms with Crippen molar-refractivity contribution in [2.75, 3.05) is 26.2 Å². The first kappa shape index (κ1) is 15.4. The highest BCUT2D eigenvalue weighted by Gasteiger charge is 2.20. The van der Waals surface area contributed by atoms with Gasteiger partial charge in [0.2, 0.25) is 5.91 Å². The fourth-order valence-corrected chi connectivity index (χ4v) is 2.37. The number of likely N-dealkylation sites (N-methyl/N-ethyl adjacent to an activating group) is 1. The number of nitrogens with zero attached hydrogens (tertiary/aromatic N) is 1. The molecule has 2 N–H and O–H groups in total. The Labute approximate surface area is 111 Å². The minimum absolute atomic E-state index is 0.270. The summed E-state index contributed by atoms with van der Waals surface area (Å²) in [5.74, 6) is 0.278. The van der Waals surface area contributed by atoms with Crippen molar-refractivity contribution in [2.24, 2.45) is 5.73 Å². The average Bonchev–Trinajstić information content (AvgIpc) is 2.88. The maximum atomic E-state index is 12.0. The van der Waals surface area contributed by atoms with E-state index in [4.69, 9.17) is 10.5 Å². The monoisotopic (exact) mass is 256 g/mol. The summed E-state index contributed by atoms with van der Waals surface area (Å²) in [7, 11) is 0. The van der Waals surface area contributed by atoms with Crippen LogP contribution >= 0.6 is 0 Å². The van der Waals surface area contributed by atoms with Crippen LogP contribution in [0.2, 0.25) is 0 Å². The summed E-state index contributed by atoms with van der Waals surface area (Å²) >= 11 is 0. The van der Waals surface area contributed by atoms with Crippen molar-refractivity contribution in [1.29, 1.82) is 0 Å². The molecular formula is C14H28N2O2. The van der Waals surface area contributed by atoms with Crippen LogP contribution in [0, 0.1) is 0 Å². The Balaban J connectivity index is 2.15. The molecule has 106 valence electrons. The lowest BCUT2D eigenvalue weighted by Gasteiger charge is -2.24. The Hall–Kier alpha value is -0.610. The lowest BCUT2D eigenvalue weighted by Crippen LogP contribution is -2.37. The molecule has 0 spiro atoms. The zero-order valence-corrected chi connectivity index (χ0v) is 11.7. The minimum atomic E-state index is 0.270. The summed E-state index contributed by atoms with van der Waals surface area (Å²) in [5, 5.41) is 0. The Bertz CT molecular complexity index is 228. The van der Waals surface area contributed by atoms with Gasteiger partial charge in [-0.1, -0.05) is 12.8 Å². The van der Waals surface area contributed by atoms with E-state index in [1.165, 1.54) is 0 Å². The zero-order valence-electron chi connectivity index (χ0n) is 11.7. The fourth-order valence-electron chi connectivity index (χ4n) is 2.37. The van der Waals surface area contributed by atoms with Crippen molar-refractivity contribution in [1.82, 2.24) is 4.90 Å². The molecule has 1 atom stereocenters.